The summed E-state index contributed by atoms with van der Waals surface area (Å²) in [7, 11) is 5.62. The molecule has 0 aliphatic carbocycles. The summed E-state index contributed by atoms with van der Waals surface area (Å²) in [5, 5.41) is 6.17. The first-order valence-electron chi connectivity index (χ1n) is 9.47. The predicted octanol–water partition coefficient (Wildman–Crippen LogP) is 4.06. The molecule has 6 heteroatoms. The van der Waals surface area contributed by atoms with E-state index >= 15 is 0 Å². The lowest BCUT2D eigenvalue weighted by Gasteiger charge is -2.13. The smallest absolute Gasteiger partial charge is 0.257 e. The number of anilines is 3. The van der Waals surface area contributed by atoms with Gasteiger partial charge in [-0.15, -0.1) is 0 Å². The van der Waals surface area contributed by atoms with Gasteiger partial charge in [0.05, 0.1) is 12.7 Å². The van der Waals surface area contributed by atoms with Crippen LogP contribution in [0.2, 0.25) is 0 Å². The Morgan fingerprint density at radius 1 is 1.00 bits per heavy atom. The van der Waals surface area contributed by atoms with Crippen LogP contribution >= 0.6 is 0 Å². The van der Waals surface area contributed by atoms with Crippen molar-refractivity contribution in [3.05, 3.63) is 78.0 Å². The van der Waals surface area contributed by atoms with Crippen molar-refractivity contribution in [1.82, 2.24) is 4.98 Å². The average Bonchev–Trinajstić information content (AvgIpc) is 2.75. The van der Waals surface area contributed by atoms with Crippen molar-refractivity contribution in [1.29, 1.82) is 0 Å². The van der Waals surface area contributed by atoms with Gasteiger partial charge in [0, 0.05) is 38.2 Å². The van der Waals surface area contributed by atoms with Crippen molar-refractivity contribution < 1.29 is 9.53 Å². The Kier molecular flexibility index (Phi) is 6.68. The van der Waals surface area contributed by atoms with Gasteiger partial charge in [0.2, 0.25) is 0 Å². The zero-order valence-corrected chi connectivity index (χ0v) is 17.0. The molecule has 2 N–H and O–H groups in total. The van der Waals surface area contributed by atoms with Crippen LogP contribution < -0.4 is 20.3 Å². The third-order valence-electron chi connectivity index (χ3n) is 4.55. The van der Waals surface area contributed by atoms with Crippen LogP contribution in [0.15, 0.2) is 66.9 Å². The molecule has 0 radical (unpaired) electrons. The van der Waals surface area contributed by atoms with E-state index in [-0.39, 0.29) is 5.91 Å². The zero-order chi connectivity index (χ0) is 20.6. The fraction of sp³-hybridized carbons (Fsp3) is 0.217. The number of methoxy groups -OCH3 is 1. The van der Waals surface area contributed by atoms with Crippen molar-refractivity contribution >= 4 is 23.1 Å². The normalized spacial score (nSPS) is 10.3. The van der Waals surface area contributed by atoms with E-state index in [9.17, 15) is 4.79 Å². The highest BCUT2D eigenvalue weighted by Gasteiger charge is 2.07. The minimum atomic E-state index is -0.181. The molecule has 29 heavy (non-hydrogen) atoms. The van der Waals surface area contributed by atoms with Gasteiger partial charge >= 0.3 is 0 Å². The fourth-order valence-corrected chi connectivity index (χ4v) is 2.81. The number of amides is 1. The Bertz CT molecular complexity index is 921. The molecule has 0 aliphatic rings. The number of nitrogens with zero attached hydrogens (tertiary/aromatic N) is 2. The standard InChI is InChI=1S/C23H26N4O2/c1-27(2)20-9-7-19(8-10-20)26-23(28)18-6-13-22(25-16-18)24-15-14-17-4-11-21(29-3)12-5-17/h4-13,16H,14-15H2,1-3H3,(H,24,25)(H,26,28). The number of carbonyl (C=O) groups excluding carboxylic acids is 1. The third kappa shape index (κ3) is 5.72. The van der Waals surface area contributed by atoms with Gasteiger partial charge in [-0.2, -0.15) is 0 Å². The third-order valence-corrected chi connectivity index (χ3v) is 4.55. The molecule has 0 saturated heterocycles. The van der Waals surface area contributed by atoms with Crippen LogP contribution in [0.25, 0.3) is 0 Å². The zero-order valence-electron chi connectivity index (χ0n) is 17.0. The number of rotatable bonds is 8. The van der Waals surface area contributed by atoms with Gasteiger partial charge in [-0.05, 0) is 60.5 Å². The van der Waals surface area contributed by atoms with Crippen LogP contribution in [0, 0.1) is 0 Å². The molecule has 1 aromatic heterocycles. The highest BCUT2D eigenvalue weighted by molar-refractivity contribution is 6.04. The number of nitrogens with one attached hydrogen (secondary N) is 2. The molecule has 150 valence electrons. The number of benzene rings is 2. The van der Waals surface area contributed by atoms with Crippen molar-refractivity contribution in [3.63, 3.8) is 0 Å². The summed E-state index contributed by atoms with van der Waals surface area (Å²) in [4.78, 5) is 18.8. The summed E-state index contributed by atoms with van der Waals surface area (Å²) in [6.07, 6.45) is 2.45. The average molecular weight is 390 g/mol. The maximum atomic E-state index is 12.4. The minimum absolute atomic E-state index is 0.181. The Hall–Kier alpha value is -3.54. The number of aromatic nitrogens is 1. The van der Waals surface area contributed by atoms with Crippen molar-refractivity contribution in [2.24, 2.45) is 0 Å². The SMILES string of the molecule is COc1ccc(CCNc2ccc(C(=O)Nc3ccc(N(C)C)cc3)cn2)cc1. The molecule has 0 unspecified atom stereocenters. The summed E-state index contributed by atoms with van der Waals surface area (Å²) in [5.74, 6) is 1.41. The molecule has 0 fully saturated rings. The van der Waals surface area contributed by atoms with E-state index in [2.05, 4.69) is 15.6 Å². The summed E-state index contributed by atoms with van der Waals surface area (Å²) in [5.41, 5.74) is 3.56. The summed E-state index contributed by atoms with van der Waals surface area (Å²) < 4.78 is 5.17. The number of ether oxygens (including phenoxy) is 1. The highest BCUT2D eigenvalue weighted by atomic mass is 16.5. The van der Waals surface area contributed by atoms with Crippen LogP contribution in [0.1, 0.15) is 15.9 Å². The van der Waals surface area contributed by atoms with Gasteiger partial charge in [0.15, 0.2) is 0 Å². The van der Waals surface area contributed by atoms with Crippen LogP contribution in [0.4, 0.5) is 17.2 Å². The van der Waals surface area contributed by atoms with Gasteiger partial charge < -0.3 is 20.3 Å². The van der Waals surface area contributed by atoms with E-state index in [1.807, 2.05) is 73.6 Å². The summed E-state index contributed by atoms with van der Waals surface area (Å²) in [6, 6.07) is 19.3. The van der Waals surface area contributed by atoms with Crippen molar-refractivity contribution in [2.45, 2.75) is 6.42 Å². The lowest BCUT2D eigenvalue weighted by atomic mass is 10.1. The quantitative estimate of drug-likeness (QED) is 0.607. The van der Waals surface area contributed by atoms with E-state index in [1.165, 1.54) is 5.56 Å². The first-order chi connectivity index (χ1) is 14.0. The molecule has 6 nitrogen and oxygen atoms in total. The van der Waals surface area contributed by atoms with Gasteiger partial charge in [-0.3, -0.25) is 4.79 Å². The van der Waals surface area contributed by atoms with E-state index < -0.39 is 0 Å². The second-order valence-corrected chi connectivity index (χ2v) is 6.85. The lowest BCUT2D eigenvalue weighted by molar-refractivity contribution is 0.102. The fourth-order valence-electron chi connectivity index (χ4n) is 2.81. The van der Waals surface area contributed by atoms with E-state index in [4.69, 9.17) is 4.74 Å². The van der Waals surface area contributed by atoms with E-state index in [0.29, 0.717) is 5.56 Å². The molecule has 0 saturated carbocycles. The first-order valence-corrected chi connectivity index (χ1v) is 9.47. The van der Waals surface area contributed by atoms with Crippen molar-refractivity contribution in [3.8, 4) is 5.75 Å². The minimum Gasteiger partial charge on any atom is -0.497 e. The lowest BCUT2D eigenvalue weighted by Crippen LogP contribution is -2.13. The highest BCUT2D eigenvalue weighted by Crippen LogP contribution is 2.17. The number of pyridine rings is 1. The Balaban J connectivity index is 1.50. The molecular formula is C23H26N4O2. The molecule has 3 aromatic rings. The molecule has 2 aromatic carbocycles. The topological polar surface area (TPSA) is 66.5 Å². The van der Waals surface area contributed by atoms with Crippen LogP contribution in [-0.2, 0) is 6.42 Å². The van der Waals surface area contributed by atoms with Gasteiger partial charge in [-0.1, -0.05) is 12.1 Å². The molecule has 3 rings (SSSR count). The van der Waals surface area contributed by atoms with Crippen LogP contribution in [0.3, 0.4) is 0 Å². The Morgan fingerprint density at radius 2 is 1.72 bits per heavy atom. The summed E-state index contributed by atoms with van der Waals surface area (Å²) in [6.45, 7) is 0.753. The maximum absolute atomic E-state index is 12.4. The molecule has 1 heterocycles. The maximum Gasteiger partial charge on any atom is 0.257 e. The van der Waals surface area contributed by atoms with E-state index in [1.54, 1.807) is 19.4 Å². The second kappa shape index (κ2) is 9.59. The molecule has 0 atom stereocenters. The van der Waals surface area contributed by atoms with Gasteiger partial charge in [-0.25, -0.2) is 4.98 Å². The van der Waals surface area contributed by atoms with Crippen molar-refractivity contribution in [2.75, 3.05) is 43.3 Å². The molecular weight excluding hydrogens is 364 g/mol. The monoisotopic (exact) mass is 390 g/mol. The van der Waals surface area contributed by atoms with Gasteiger partial charge in [0.1, 0.15) is 11.6 Å². The Morgan fingerprint density at radius 3 is 2.31 bits per heavy atom. The second-order valence-electron chi connectivity index (χ2n) is 6.85. The molecule has 0 aliphatic heterocycles. The number of carbonyl (C=O) groups is 1. The van der Waals surface area contributed by atoms with Crippen LogP contribution in [0.5, 0.6) is 5.75 Å². The largest absolute Gasteiger partial charge is 0.497 e. The first kappa shape index (κ1) is 20.2. The molecule has 0 spiro atoms. The predicted molar refractivity (Wildman–Crippen MR) is 118 cm³/mol. The number of hydrogen-bond acceptors (Lipinski definition) is 5. The molecule has 0 bridgehead atoms. The van der Waals surface area contributed by atoms with Crippen LogP contribution in [-0.4, -0.2) is 38.6 Å². The van der Waals surface area contributed by atoms with E-state index in [0.717, 1.165) is 35.9 Å². The molecule has 1 amide bonds. The van der Waals surface area contributed by atoms with Gasteiger partial charge in [0.25, 0.3) is 5.91 Å². The Labute approximate surface area is 171 Å². The number of hydrogen-bond donors (Lipinski definition) is 2. The summed E-state index contributed by atoms with van der Waals surface area (Å²) >= 11 is 0.